The van der Waals surface area contributed by atoms with Crippen LogP contribution in [0.2, 0.25) is 0 Å². The first kappa shape index (κ1) is 15.9. The van der Waals surface area contributed by atoms with Crippen LogP contribution in [0.4, 0.5) is 18.9 Å². The number of amides is 2. The van der Waals surface area contributed by atoms with Gasteiger partial charge < -0.3 is 5.32 Å². The van der Waals surface area contributed by atoms with Crippen molar-refractivity contribution in [3.05, 3.63) is 42.0 Å². The van der Waals surface area contributed by atoms with Gasteiger partial charge in [0.05, 0.1) is 24.1 Å². The molecule has 136 valence electrons. The van der Waals surface area contributed by atoms with Gasteiger partial charge in [-0.15, -0.1) is 0 Å². The van der Waals surface area contributed by atoms with Crippen molar-refractivity contribution >= 4 is 17.5 Å². The summed E-state index contributed by atoms with van der Waals surface area (Å²) < 4.78 is 38.4. The smallest absolute Gasteiger partial charge is 0.367 e. The van der Waals surface area contributed by atoms with Gasteiger partial charge in [0.2, 0.25) is 11.8 Å². The van der Waals surface area contributed by atoms with Gasteiger partial charge in [0.25, 0.3) is 0 Å². The highest BCUT2D eigenvalue weighted by Gasteiger charge is 2.66. The van der Waals surface area contributed by atoms with Crippen LogP contribution in [-0.4, -0.2) is 23.4 Å². The molecule has 26 heavy (non-hydrogen) atoms. The Balaban J connectivity index is 1.33. The highest BCUT2D eigenvalue weighted by Crippen LogP contribution is 2.65. The molecule has 4 nitrogen and oxygen atoms in total. The van der Waals surface area contributed by atoms with Crippen molar-refractivity contribution in [1.29, 1.82) is 0 Å². The molecule has 1 N–H and O–H groups in total. The number of anilines is 1. The third-order valence-corrected chi connectivity index (χ3v) is 6.39. The van der Waals surface area contributed by atoms with Crippen molar-refractivity contribution < 1.29 is 22.8 Å². The predicted molar refractivity (Wildman–Crippen MR) is 86.5 cm³/mol. The summed E-state index contributed by atoms with van der Waals surface area (Å²) in [6.45, 7) is -0.0965. The predicted octanol–water partition coefficient (Wildman–Crippen LogP) is 3.13. The number of nitrogens with one attached hydrogen (secondary N) is 1. The largest absolute Gasteiger partial charge is 0.416 e. The van der Waals surface area contributed by atoms with Crippen molar-refractivity contribution in [3.8, 4) is 0 Å². The molecule has 2 bridgehead atoms. The van der Waals surface area contributed by atoms with Gasteiger partial charge in [-0.1, -0.05) is 18.2 Å². The summed E-state index contributed by atoms with van der Waals surface area (Å²) in [4.78, 5) is 26.8. The topological polar surface area (TPSA) is 49.4 Å². The quantitative estimate of drug-likeness (QED) is 0.664. The zero-order chi connectivity index (χ0) is 18.2. The molecule has 5 aliphatic rings. The molecule has 7 heteroatoms. The van der Waals surface area contributed by atoms with Crippen molar-refractivity contribution in [2.75, 3.05) is 12.0 Å². The van der Waals surface area contributed by atoms with E-state index < -0.39 is 11.7 Å². The number of hydrogen-bond donors (Lipinski definition) is 1. The van der Waals surface area contributed by atoms with E-state index in [2.05, 4.69) is 17.5 Å². The molecule has 1 aromatic carbocycles. The molecular weight excluding hydrogens is 345 g/mol. The third kappa shape index (κ3) is 2.15. The highest BCUT2D eigenvalue weighted by atomic mass is 19.4. The Labute approximate surface area is 148 Å². The maximum absolute atomic E-state index is 12.8. The summed E-state index contributed by atoms with van der Waals surface area (Å²) in [7, 11) is 0. The Morgan fingerprint density at radius 2 is 1.65 bits per heavy atom. The molecule has 0 radical (unpaired) electrons. The van der Waals surface area contributed by atoms with E-state index in [0.29, 0.717) is 11.8 Å². The van der Waals surface area contributed by atoms with Gasteiger partial charge in [0.15, 0.2) is 0 Å². The number of halogens is 3. The van der Waals surface area contributed by atoms with E-state index in [1.807, 2.05) is 0 Å². The van der Waals surface area contributed by atoms with Gasteiger partial charge in [0.1, 0.15) is 0 Å². The Kier molecular flexibility index (Phi) is 3.13. The van der Waals surface area contributed by atoms with Gasteiger partial charge in [0, 0.05) is 5.69 Å². The number of benzene rings is 1. The van der Waals surface area contributed by atoms with Crippen LogP contribution >= 0.6 is 0 Å². The fraction of sp³-hybridized carbons (Fsp3) is 0.474. The zero-order valence-electron chi connectivity index (χ0n) is 13.7. The molecule has 2 saturated carbocycles. The van der Waals surface area contributed by atoms with Crippen LogP contribution in [0.5, 0.6) is 0 Å². The zero-order valence-corrected chi connectivity index (χ0v) is 13.7. The molecule has 4 aliphatic carbocycles. The number of allylic oxidation sites excluding steroid dienone is 2. The van der Waals surface area contributed by atoms with Gasteiger partial charge in [-0.3, -0.25) is 14.5 Å². The van der Waals surface area contributed by atoms with Gasteiger partial charge in [-0.05, 0) is 48.3 Å². The second-order valence-electron chi connectivity index (χ2n) is 7.67. The van der Waals surface area contributed by atoms with Gasteiger partial charge in [-0.2, -0.15) is 13.2 Å². The molecular formula is C19H17F3N2O2. The monoisotopic (exact) mass is 362 g/mol. The summed E-state index contributed by atoms with van der Waals surface area (Å²) in [5, 5.41) is 2.81. The SMILES string of the molecule is O=C1[C@@H]2[C@H]3C=C[C@@H]([C@@H]4C[C@H]34)[C@@H]2C(=O)N1CNc1cccc(C(F)(F)F)c1. The van der Waals surface area contributed by atoms with E-state index in [9.17, 15) is 22.8 Å². The van der Waals surface area contributed by atoms with E-state index in [0.717, 1.165) is 18.6 Å². The Hall–Kier alpha value is -2.31. The van der Waals surface area contributed by atoms with Crippen LogP contribution in [0.3, 0.4) is 0 Å². The molecule has 0 unspecified atom stereocenters. The minimum absolute atomic E-state index is 0.0965. The van der Waals surface area contributed by atoms with E-state index in [-0.39, 0.29) is 47.8 Å². The number of carbonyl (C=O) groups excluding carboxylic acids is 2. The van der Waals surface area contributed by atoms with Gasteiger partial charge >= 0.3 is 6.18 Å². The Bertz CT molecular complexity index is 798. The van der Waals surface area contributed by atoms with E-state index >= 15 is 0 Å². The molecule has 1 heterocycles. The first-order chi connectivity index (χ1) is 12.4. The number of alkyl halides is 3. The number of likely N-dealkylation sites (tertiary alicyclic amines) is 1. The summed E-state index contributed by atoms with van der Waals surface area (Å²) in [5.74, 6) is 0.385. The van der Waals surface area contributed by atoms with Crippen LogP contribution < -0.4 is 5.32 Å². The van der Waals surface area contributed by atoms with E-state index in [1.165, 1.54) is 17.0 Å². The molecule has 3 fully saturated rings. The molecule has 0 aromatic heterocycles. The lowest BCUT2D eigenvalue weighted by molar-refractivity contribution is -0.140. The van der Waals surface area contributed by atoms with Crippen LogP contribution in [0.25, 0.3) is 0 Å². The molecule has 6 rings (SSSR count). The molecule has 1 aromatic rings. The highest BCUT2D eigenvalue weighted by molar-refractivity contribution is 6.06. The average molecular weight is 362 g/mol. The number of nitrogens with zero attached hydrogens (tertiary/aromatic N) is 1. The first-order valence-corrected chi connectivity index (χ1v) is 8.81. The number of rotatable bonds is 3. The van der Waals surface area contributed by atoms with Crippen molar-refractivity contribution in [1.82, 2.24) is 4.90 Å². The lowest BCUT2D eigenvalue weighted by atomic mass is 9.63. The summed E-state index contributed by atoms with van der Waals surface area (Å²) in [5.41, 5.74) is -0.531. The minimum Gasteiger partial charge on any atom is -0.367 e. The molecule has 1 saturated heterocycles. The van der Waals surface area contributed by atoms with Crippen LogP contribution in [0.1, 0.15) is 12.0 Å². The first-order valence-electron chi connectivity index (χ1n) is 8.81. The number of carbonyl (C=O) groups is 2. The molecule has 2 amide bonds. The standard InChI is InChI=1S/C19H17F3N2O2/c20-19(21,22)9-2-1-3-10(6-9)23-8-24-17(25)15-11-4-5-12(14-7-13(11)14)16(15)18(24)26/h1-6,11-16,23H,7-8H2/t11-,12-,13-,14+,15-,16+/m0/s1. The second kappa shape index (κ2) is 5.11. The molecule has 0 spiro atoms. The summed E-state index contributed by atoms with van der Waals surface area (Å²) in [6, 6.07) is 4.77. The van der Waals surface area contributed by atoms with E-state index in [1.54, 1.807) is 0 Å². The van der Waals surface area contributed by atoms with Crippen molar-refractivity contribution in [2.45, 2.75) is 12.6 Å². The fourth-order valence-corrected chi connectivity index (χ4v) is 5.15. The maximum Gasteiger partial charge on any atom is 0.416 e. The van der Waals surface area contributed by atoms with Gasteiger partial charge in [-0.25, -0.2) is 0 Å². The molecule has 1 aliphatic heterocycles. The fourth-order valence-electron chi connectivity index (χ4n) is 5.15. The number of imide groups is 1. The summed E-state index contributed by atoms with van der Waals surface area (Å²) >= 11 is 0. The van der Waals surface area contributed by atoms with Crippen molar-refractivity contribution in [3.63, 3.8) is 0 Å². The Morgan fingerprint density at radius 1 is 1.04 bits per heavy atom. The third-order valence-electron chi connectivity index (χ3n) is 6.39. The second-order valence-corrected chi connectivity index (χ2v) is 7.67. The van der Waals surface area contributed by atoms with Crippen LogP contribution in [-0.2, 0) is 15.8 Å². The lowest BCUT2D eigenvalue weighted by Crippen LogP contribution is -2.40. The normalized spacial score (nSPS) is 37.0. The van der Waals surface area contributed by atoms with Crippen LogP contribution in [0.15, 0.2) is 36.4 Å². The van der Waals surface area contributed by atoms with Crippen molar-refractivity contribution in [2.24, 2.45) is 35.5 Å². The summed E-state index contributed by atoms with van der Waals surface area (Å²) in [6.07, 6.45) is 0.847. The minimum atomic E-state index is -4.43. The molecule has 6 atom stereocenters. The lowest BCUT2D eigenvalue weighted by Gasteiger charge is -2.37. The Morgan fingerprint density at radius 3 is 2.23 bits per heavy atom. The van der Waals surface area contributed by atoms with Crippen LogP contribution in [0, 0.1) is 35.5 Å². The van der Waals surface area contributed by atoms with E-state index in [4.69, 9.17) is 0 Å². The number of hydrogen-bond acceptors (Lipinski definition) is 3. The maximum atomic E-state index is 12.8. The average Bonchev–Trinajstić information content (AvgIpc) is 3.38.